The summed E-state index contributed by atoms with van der Waals surface area (Å²) >= 11 is 0. The van der Waals surface area contributed by atoms with Crippen LogP contribution < -0.4 is 0 Å². The fourth-order valence-corrected chi connectivity index (χ4v) is 4.35. The second-order valence-corrected chi connectivity index (χ2v) is 6.48. The Morgan fingerprint density at radius 2 is 2.36 bits per heavy atom. The number of fused-ring (bicyclic) bond motifs is 2. The van der Waals surface area contributed by atoms with Crippen molar-refractivity contribution in [3.63, 3.8) is 0 Å². The van der Waals surface area contributed by atoms with Crippen molar-refractivity contribution in [1.29, 1.82) is 0 Å². The molecule has 2 aromatic rings. The fourth-order valence-electron chi connectivity index (χ4n) is 4.35. The number of rotatable bonds is 3. The Hall–Kier alpha value is -2.07. The predicted octanol–water partition coefficient (Wildman–Crippen LogP) is 2.77. The molecular formula is C18H20N2O2. The summed E-state index contributed by atoms with van der Waals surface area (Å²) in [6, 6.07) is 6.72. The van der Waals surface area contributed by atoms with Gasteiger partial charge in [0.05, 0.1) is 5.92 Å². The highest BCUT2D eigenvalue weighted by atomic mass is 16.4. The molecule has 0 radical (unpaired) electrons. The summed E-state index contributed by atoms with van der Waals surface area (Å²) in [4.78, 5) is 17.2. The van der Waals surface area contributed by atoms with Gasteiger partial charge in [0.2, 0.25) is 0 Å². The van der Waals surface area contributed by atoms with E-state index in [-0.39, 0.29) is 5.92 Å². The first kappa shape index (κ1) is 13.6. The number of hydrogen-bond acceptors (Lipinski definition) is 2. The number of H-pyrrole nitrogens is 1. The van der Waals surface area contributed by atoms with Gasteiger partial charge in [-0.15, -0.1) is 6.58 Å². The van der Waals surface area contributed by atoms with Crippen LogP contribution in [0.1, 0.15) is 23.5 Å². The minimum absolute atomic E-state index is 0.293. The molecule has 0 saturated carbocycles. The van der Waals surface area contributed by atoms with Gasteiger partial charge in [0.1, 0.15) is 0 Å². The van der Waals surface area contributed by atoms with Crippen LogP contribution in [-0.2, 0) is 11.2 Å². The van der Waals surface area contributed by atoms with Crippen LogP contribution in [0.5, 0.6) is 0 Å². The topological polar surface area (TPSA) is 56.3 Å². The van der Waals surface area contributed by atoms with E-state index in [0.717, 1.165) is 19.4 Å². The van der Waals surface area contributed by atoms with Gasteiger partial charge in [-0.05, 0) is 30.0 Å². The number of carboxylic acid groups (broad SMARTS) is 1. The van der Waals surface area contributed by atoms with Crippen LogP contribution in [0.2, 0.25) is 0 Å². The van der Waals surface area contributed by atoms with Crippen LogP contribution in [0.4, 0.5) is 0 Å². The van der Waals surface area contributed by atoms with E-state index in [2.05, 4.69) is 40.9 Å². The van der Waals surface area contributed by atoms with Gasteiger partial charge in [-0.3, -0.25) is 9.69 Å². The molecule has 1 saturated heterocycles. The van der Waals surface area contributed by atoms with E-state index < -0.39 is 5.97 Å². The number of aromatic nitrogens is 1. The first-order valence-corrected chi connectivity index (χ1v) is 7.85. The summed E-state index contributed by atoms with van der Waals surface area (Å²) in [6.07, 6.45) is 5.72. The zero-order valence-corrected chi connectivity index (χ0v) is 12.5. The zero-order chi connectivity index (χ0) is 15.3. The van der Waals surface area contributed by atoms with Gasteiger partial charge < -0.3 is 10.1 Å². The fraction of sp³-hybridized carbons (Fsp3) is 0.389. The molecule has 22 heavy (non-hydrogen) atoms. The lowest BCUT2D eigenvalue weighted by molar-refractivity contribution is -0.144. The lowest BCUT2D eigenvalue weighted by Gasteiger charge is -2.45. The highest BCUT2D eigenvalue weighted by Gasteiger charge is 2.42. The summed E-state index contributed by atoms with van der Waals surface area (Å²) in [5, 5.41) is 10.8. The SMILES string of the molecule is C=CCN1CC(C(=O)O)C[C@H]2c3cccc4[nH]cc(c34)C[C@@H]21. The molecule has 0 amide bonds. The normalized spacial score (nSPS) is 27.5. The van der Waals surface area contributed by atoms with Gasteiger partial charge in [-0.2, -0.15) is 0 Å². The molecule has 1 aromatic carbocycles. The third kappa shape index (κ3) is 1.91. The quantitative estimate of drug-likeness (QED) is 0.856. The van der Waals surface area contributed by atoms with Crippen LogP contribution in [0.25, 0.3) is 10.9 Å². The summed E-state index contributed by atoms with van der Waals surface area (Å²) in [6.45, 7) is 5.21. The van der Waals surface area contributed by atoms with Crippen molar-refractivity contribution in [2.24, 2.45) is 5.92 Å². The molecule has 0 spiro atoms. The molecule has 4 nitrogen and oxygen atoms in total. The number of benzene rings is 1. The van der Waals surface area contributed by atoms with E-state index in [1.807, 2.05) is 6.08 Å². The Morgan fingerprint density at radius 3 is 3.14 bits per heavy atom. The van der Waals surface area contributed by atoms with E-state index in [9.17, 15) is 9.90 Å². The molecule has 2 aliphatic rings. The standard InChI is InChI=1S/C18H20N2O2/c1-2-6-20-10-12(18(21)22)7-14-13-4-3-5-15-17(13)11(9-19-15)8-16(14)20/h2-5,9,12,14,16,19H,1,6-8,10H2,(H,21,22)/t12?,14-,16-/m0/s1. The maximum Gasteiger partial charge on any atom is 0.307 e. The molecule has 0 bridgehead atoms. The molecule has 114 valence electrons. The van der Waals surface area contributed by atoms with E-state index >= 15 is 0 Å². The van der Waals surface area contributed by atoms with Gasteiger partial charge in [0.25, 0.3) is 0 Å². The maximum absolute atomic E-state index is 11.6. The Bertz CT molecular complexity index is 749. The summed E-state index contributed by atoms with van der Waals surface area (Å²) in [5.41, 5.74) is 3.83. The number of carbonyl (C=O) groups is 1. The van der Waals surface area contributed by atoms with Crippen LogP contribution >= 0.6 is 0 Å². The molecule has 1 aliphatic heterocycles. The Labute approximate surface area is 129 Å². The predicted molar refractivity (Wildman–Crippen MR) is 86.0 cm³/mol. The van der Waals surface area contributed by atoms with Crippen molar-refractivity contribution in [2.45, 2.75) is 24.8 Å². The van der Waals surface area contributed by atoms with Gasteiger partial charge in [-0.1, -0.05) is 18.2 Å². The monoisotopic (exact) mass is 296 g/mol. The molecule has 1 unspecified atom stereocenters. The van der Waals surface area contributed by atoms with Crippen molar-refractivity contribution in [3.8, 4) is 0 Å². The van der Waals surface area contributed by atoms with Gasteiger partial charge in [-0.25, -0.2) is 0 Å². The van der Waals surface area contributed by atoms with Gasteiger partial charge in [0, 0.05) is 42.1 Å². The first-order chi connectivity index (χ1) is 10.7. The number of nitrogens with one attached hydrogen (secondary N) is 1. The van der Waals surface area contributed by atoms with E-state index in [4.69, 9.17) is 0 Å². The van der Waals surface area contributed by atoms with Crippen LogP contribution in [0, 0.1) is 5.92 Å². The molecular weight excluding hydrogens is 276 g/mol. The second kappa shape index (κ2) is 4.99. The average Bonchev–Trinajstić information content (AvgIpc) is 2.93. The number of hydrogen-bond donors (Lipinski definition) is 2. The Kier molecular flexibility index (Phi) is 3.08. The lowest BCUT2D eigenvalue weighted by atomic mass is 9.72. The van der Waals surface area contributed by atoms with Crippen LogP contribution in [0.3, 0.4) is 0 Å². The van der Waals surface area contributed by atoms with E-state index in [1.165, 1.54) is 22.0 Å². The van der Waals surface area contributed by atoms with E-state index in [0.29, 0.717) is 18.5 Å². The molecule has 4 rings (SSSR count). The van der Waals surface area contributed by atoms with Crippen molar-refractivity contribution in [2.75, 3.05) is 13.1 Å². The molecule has 2 N–H and O–H groups in total. The minimum atomic E-state index is -0.681. The second-order valence-electron chi connectivity index (χ2n) is 6.48. The van der Waals surface area contributed by atoms with Crippen molar-refractivity contribution in [3.05, 3.63) is 48.2 Å². The van der Waals surface area contributed by atoms with Crippen LogP contribution in [-0.4, -0.2) is 40.1 Å². The maximum atomic E-state index is 11.6. The van der Waals surface area contributed by atoms with Crippen LogP contribution in [0.15, 0.2) is 37.1 Å². The highest BCUT2D eigenvalue weighted by molar-refractivity contribution is 5.88. The molecule has 1 aromatic heterocycles. The molecule has 2 heterocycles. The molecule has 3 atom stereocenters. The van der Waals surface area contributed by atoms with Gasteiger partial charge in [0.15, 0.2) is 0 Å². The number of piperidine rings is 1. The molecule has 4 heteroatoms. The number of nitrogens with zero attached hydrogens (tertiary/aromatic N) is 1. The number of aliphatic carboxylic acids is 1. The van der Waals surface area contributed by atoms with E-state index in [1.54, 1.807) is 0 Å². The van der Waals surface area contributed by atoms with Crippen molar-refractivity contribution >= 4 is 16.9 Å². The number of carboxylic acids is 1. The number of aromatic amines is 1. The zero-order valence-electron chi connectivity index (χ0n) is 12.5. The Morgan fingerprint density at radius 1 is 1.50 bits per heavy atom. The highest BCUT2D eigenvalue weighted by Crippen LogP contribution is 2.44. The number of likely N-dealkylation sites (tertiary alicyclic amines) is 1. The van der Waals surface area contributed by atoms with Crippen molar-refractivity contribution < 1.29 is 9.90 Å². The largest absolute Gasteiger partial charge is 0.481 e. The third-order valence-electron chi connectivity index (χ3n) is 5.29. The minimum Gasteiger partial charge on any atom is -0.481 e. The van der Waals surface area contributed by atoms with Crippen molar-refractivity contribution in [1.82, 2.24) is 9.88 Å². The molecule has 1 fully saturated rings. The lowest BCUT2D eigenvalue weighted by Crippen LogP contribution is -2.51. The first-order valence-electron chi connectivity index (χ1n) is 7.85. The average molecular weight is 296 g/mol. The Balaban J connectivity index is 1.82. The molecule has 1 aliphatic carbocycles. The van der Waals surface area contributed by atoms with Gasteiger partial charge >= 0.3 is 5.97 Å². The smallest absolute Gasteiger partial charge is 0.307 e. The summed E-state index contributed by atoms with van der Waals surface area (Å²) in [7, 11) is 0. The summed E-state index contributed by atoms with van der Waals surface area (Å²) < 4.78 is 0. The third-order valence-corrected chi connectivity index (χ3v) is 5.29. The summed E-state index contributed by atoms with van der Waals surface area (Å²) in [5.74, 6) is -0.682.